The zero-order chi connectivity index (χ0) is 18.1. The third-order valence-electron chi connectivity index (χ3n) is 6.13. The van der Waals surface area contributed by atoms with Gasteiger partial charge in [-0.15, -0.1) is 0 Å². The first-order valence-corrected chi connectivity index (χ1v) is 8.85. The van der Waals surface area contributed by atoms with E-state index in [-0.39, 0.29) is 34.7 Å². The number of aliphatic hydroxyl groups is 1. The van der Waals surface area contributed by atoms with Crippen LogP contribution in [-0.4, -0.2) is 40.5 Å². The van der Waals surface area contributed by atoms with E-state index in [0.717, 1.165) is 0 Å². The number of carbonyl (C=O) groups excluding carboxylic acids is 3. The average Bonchev–Trinajstić information content (AvgIpc) is 2.83. The number of carbonyl (C=O) groups is 3. The Morgan fingerprint density at radius 1 is 1.16 bits per heavy atom. The van der Waals surface area contributed by atoms with Crippen molar-refractivity contribution in [1.82, 2.24) is 0 Å². The molecule has 7 atom stereocenters. The Morgan fingerprint density at radius 3 is 2.60 bits per heavy atom. The van der Waals surface area contributed by atoms with Crippen LogP contribution in [0.4, 0.5) is 0 Å². The van der Waals surface area contributed by atoms with E-state index in [4.69, 9.17) is 9.47 Å². The molecule has 1 N–H and O–H groups in total. The highest BCUT2D eigenvalue weighted by atomic mass is 16.6. The van der Waals surface area contributed by atoms with E-state index in [2.05, 4.69) is 0 Å². The van der Waals surface area contributed by atoms with Crippen LogP contribution in [0.25, 0.3) is 0 Å². The monoisotopic (exact) mass is 346 g/mol. The summed E-state index contributed by atoms with van der Waals surface area (Å²) in [6, 6.07) is 0. The molecule has 2 saturated heterocycles. The van der Waals surface area contributed by atoms with Crippen LogP contribution < -0.4 is 0 Å². The van der Waals surface area contributed by atoms with Gasteiger partial charge in [0.25, 0.3) is 0 Å². The number of rotatable bonds is 0. The number of esters is 1. The van der Waals surface area contributed by atoms with Crippen LogP contribution in [0.15, 0.2) is 23.5 Å². The minimum atomic E-state index is -1.18. The second-order valence-corrected chi connectivity index (χ2v) is 7.93. The van der Waals surface area contributed by atoms with E-state index in [1.165, 1.54) is 6.08 Å². The van der Waals surface area contributed by atoms with Gasteiger partial charge in [-0.2, -0.15) is 0 Å². The molecule has 3 heterocycles. The first-order valence-electron chi connectivity index (χ1n) is 8.85. The van der Waals surface area contributed by atoms with Gasteiger partial charge in [0.05, 0.1) is 5.92 Å². The highest BCUT2D eigenvalue weighted by Gasteiger charge is 2.67. The van der Waals surface area contributed by atoms with Crippen LogP contribution in [-0.2, 0) is 23.9 Å². The second kappa shape index (κ2) is 5.27. The van der Waals surface area contributed by atoms with E-state index in [9.17, 15) is 19.5 Å². The van der Waals surface area contributed by atoms with Gasteiger partial charge in [-0.1, -0.05) is 26.8 Å². The van der Waals surface area contributed by atoms with Gasteiger partial charge in [-0.3, -0.25) is 9.59 Å². The summed E-state index contributed by atoms with van der Waals surface area (Å²) in [5.41, 5.74) is -1.21. The molecule has 0 aromatic heterocycles. The van der Waals surface area contributed by atoms with Crippen LogP contribution in [0.3, 0.4) is 0 Å². The molecule has 6 nitrogen and oxygen atoms in total. The van der Waals surface area contributed by atoms with Gasteiger partial charge in [0.2, 0.25) is 0 Å². The number of hydrogen-bond donors (Lipinski definition) is 1. The van der Waals surface area contributed by atoms with E-state index >= 15 is 0 Å². The molecule has 3 aliphatic heterocycles. The number of Topliss-reactive ketones (excluding diaryl/α,β-unsaturated/α-hetero) is 1. The Morgan fingerprint density at radius 2 is 1.88 bits per heavy atom. The predicted molar refractivity (Wildman–Crippen MR) is 86.1 cm³/mol. The van der Waals surface area contributed by atoms with Crippen LogP contribution >= 0.6 is 0 Å². The Hall–Kier alpha value is -1.95. The van der Waals surface area contributed by atoms with E-state index < -0.39 is 35.6 Å². The van der Waals surface area contributed by atoms with Crippen molar-refractivity contribution in [3.8, 4) is 0 Å². The molecule has 0 radical (unpaired) electrons. The lowest BCUT2D eigenvalue weighted by molar-refractivity contribution is -0.220. The van der Waals surface area contributed by atoms with Crippen molar-refractivity contribution in [2.45, 2.75) is 51.4 Å². The van der Waals surface area contributed by atoms with Crippen molar-refractivity contribution in [3.05, 3.63) is 23.5 Å². The molecule has 1 saturated carbocycles. The van der Waals surface area contributed by atoms with Gasteiger partial charge < -0.3 is 14.6 Å². The molecule has 0 aromatic rings. The molecule has 5 aliphatic rings. The lowest BCUT2D eigenvalue weighted by Crippen LogP contribution is -2.63. The smallest absolute Gasteiger partial charge is 0.346 e. The molecule has 0 amide bonds. The molecular formula is C19H22O6. The fourth-order valence-corrected chi connectivity index (χ4v) is 4.79. The maximum Gasteiger partial charge on any atom is 0.346 e. The molecule has 134 valence electrons. The minimum absolute atomic E-state index is 0.0252. The van der Waals surface area contributed by atoms with Crippen LogP contribution in [0.5, 0.6) is 0 Å². The number of hydrogen-bond acceptors (Lipinski definition) is 6. The zero-order valence-corrected chi connectivity index (χ0v) is 14.5. The molecule has 3 fully saturated rings. The first-order chi connectivity index (χ1) is 11.8. The van der Waals surface area contributed by atoms with Crippen molar-refractivity contribution in [3.63, 3.8) is 0 Å². The Labute approximate surface area is 145 Å². The number of ketones is 2. The zero-order valence-electron chi connectivity index (χ0n) is 14.5. The Kier molecular flexibility index (Phi) is 3.48. The quantitative estimate of drug-likeness (QED) is 0.526. The topological polar surface area (TPSA) is 89.9 Å². The summed E-state index contributed by atoms with van der Waals surface area (Å²) in [6.45, 7) is 5.41. The molecule has 0 aromatic carbocycles. The van der Waals surface area contributed by atoms with Crippen molar-refractivity contribution in [1.29, 1.82) is 0 Å². The second-order valence-electron chi connectivity index (χ2n) is 7.93. The molecule has 25 heavy (non-hydrogen) atoms. The summed E-state index contributed by atoms with van der Waals surface area (Å²) in [7, 11) is 0. The predicted octanol–water partition coefficient (Wildman–Crippen LogP) is 1.32. The van der Waals surface area contributed by atoms with E-state index in [1.807, 2.05) is 6.92 Å². The summed E-state index contributed by atoms with van der Waals surface area (Å²) in [5, 5.41) is 10.7. The normalized spacial score (nSPS) is 47.3. The SMILES string of the molecule is C[C@@H]1C[C@H](C)C(=O)/C=C/[C@@H]2[C@H](O)[C@H]3OC4=C(C(=O)O[C@@]42C[C@@H]3C)C1=O. The fraction of sp³-hybridized carbons (Fsp3) is 0.632. The standard InChI is InChI=1S/C19H22O6/c1-8-6-9(2)14(21)13-17-19(25-18(13)23)7-10(3)16(24-17)15(22)11(19)4-5-12(8)20/h4-5,8-11,15-16,22H,6-7H2,1-3H3/b5-4+/t8-,9+,10-,11+,15-,16-,19+/m0/s1. The number of fused-ring (bicyclic) bond motifs is 1. The third-order valence-corrected chi connectivity index (χ3v) is 6.13. The fourth-order valence-electron chi connectivity index (χ4n) is 4.79. The average molecular weight is 346 g/mol. The summed E-state index contributed by atoms with van der Waals surface area (Å²) >= 11 is 0. The van der Waals surface area contributed by atoms with Crippen molar-refractivity contribution in [2.24, 2.45) is 23.7 Å². The highest BCUT2D eigenvalue weighted by Crippen LogP contribution is 2.56. The third kappa shape index (κ3) is 2.09. The largest absolute Gasteiger partial charge is 0.486 e. The Balaban J connectivity index is 1.93. The molecule has 0 unspecified atom stereocenters. The Bertz CT molecular complexity index is 734. The highest BCUT2D eigenvalue weighted by molar-refractivity contribution is 6.20. The van der Waals surface area contributed by atoms with Crippen LogP contribution in [0.1, 0.15) is 33.6 Å². The number of allylic oxidation sites excluding steroid dienone is 1. The molecule has 5 rings (SSSR count). The maximum atomic E-state index is 12.9. The van der Waals surface area contributed by atoms with Crippen molar-refractivity contribution >= 4 is 17.5 Å². The van der Waals surface area contributed by atoms with Gasteiger partial charge >= 0.3 is 5.97 Å². The van der Waals surface area contributed by atoms with Gasteiger partial charge in [0, 0.05) is 18.3 Å². The van der Waals surface area contributed by atoms with Crippen molar-refractivity contribution in [2.75, 3.05) is 0 Å². The van der Waals surface area contributed by atoms with Gasteiger partial charge in [0.1, 0.15) is 17.8 Å². The van der Waals surface area contributed by atoms with Gasteiger partial charge in [-0.25, -0.2) is 4.79 Å². The summed E-state index contributed by atoms with van der Waals surface area (Å²) in [4.78, 5) is 37.8. The lowest BCUT2D eigenvalue weighted by atomic mass is 9.64. The maximum absolute atomic E-state index is 12.9. The first kappa shape index (κ1) is 16.5. The molecule has 2 aliphatic carbocycles. The molecule has 1 spiro atoms. The summed E-state index contributed by atoms with van der Waals surface area (Å²) < 4.78 is 11.6. The number of ether oxygens (including phenoxy) is 2. The van der Waals surface area contributed by atoms with Crippen molar-refractivity contribution < 1.29 is 29.0 Å². The van der Waals surface area contributed by atoms with E-state index in [1.54, 1.807) is 19.9 Å². The van der Waals surface area contributed by atoms with Gasteiger partial charge in [-0.05, 0) is 18.4 Å². The molecular weight excluding hydrogens is 324 g/mol. The van der Waals surface area contributed by atoms with Crippen LogP contribution in [0, 0.1) is 23.7 Å². The summed E-state index contributed by atoms with van der Waals surface area (Å²) in [5.74, 6) is -2.27. The summed E-state index contributed by atoms with van der Waals surface area (Å²) in [6.07, 6.45) is 2.51. The molecule has 6 heteroatoms. The number of aliphatic hydroxyl groups excluding tert-OH is 1. The van der Waals surface area contributed by atoms with Gasteiger partial charge in [0.15, 0.2) is 22.9 Å². The van der Waals surface area contributed by atoms with Crippen LogP contribution in [0.2, 0.25) is 0 Å². The minimum Gasteiger partial charge on any atom is -0.486 e. The van der Waals surface area contributed by atoms with E-state index in [0.29, 0.717) is 12.8 Å². The lowest BCUT2D eigenvalue weighted by Gasteiger charge is -2.54. The molecule has 5 bridgehead atoms.